The minimum Gasteiger partial charge on any atom is -0.497 e. The third-order valence-corrected chi connectivity index (χ3v) is 4.89. The first-order valence-electron chi connectivity index (χ1n) is 9.93. The second-order valence-corrected chi connectivity index (χ2v) is 7.99. The summed E-state index contributed by atoms with van der Waals surface area (Å²) < 4.78 is 5.29. The lowest BCUT2D eigenvalue weighted by Crippen LogP contribution is -2.39. The minimum absolute atomic E-state index is 0.331. The van der Waals surface area contributed by atoms with Crippen molar-refractivity contribution >= 4 is 46.5 Å². The van der Waals surface area contributed by atoms with E-state index in [-0.39, 0.29) is 0 Å². The fraction of sp³-hybridized carbons (Fsp3) is 0.217. The Morgan fingerprint density at radius 1 is 1.03 bits per heavy atom. The second-order valence-electron chi connectivity index (χ2n) is 7.18. The maximum Gasteiger partial charge on any atom is 0.229 e. The lowest BCUT2D eigenvalue weighted by atomic mass is 10.2. The van der Waals surface area contributed by atoms with Crippen LogP contribution in [0.5, 0.6) is 5.75 Å². The quantitative estimate of drug-likeness (QED) is 0.275. The molecule has 1 aromatic heterocycles. The van der Waals surface area contributed by atoms with Gasteiger partial charge in [0.2, 0.25) is 11.9 Å². The molecule has 3 aromatic rings. The molecule has 0 unspecified atom stereocenters. The molecule has 2 aromatic carbocycles. The number of nitrogens with one attached hydrogen (secondary N) is 3. The van der Waals surface area contributed by atoms with E-state index in [0.717, 1.165) is 28.3 Å². The molecule has 0 fully saturated rings. The average molecular weight is 469 g/mol. The molecule has 3 N–H and O–H groups in total. The van der Waals surface area contributed by atoms with Gasteiger partial charge in [0, 0.05) is 11.4 Å². The lowest BCUT2D eigenvalue weighted by molar-refractivity contribution is 0.414. The Hall–Kier alpha value is -3.23. The normalized spacial score (nSPS) is 11.1. The molecule has 166 valence electrons. The van der Waals surface area contributed by atoms with Crippen molar-refractivity contribution in [3.8, 4) is 5.75 Å². The third-order valence-electron chi connectivity index (χ3n) is 4.37. The van der Waals surface area contributed by atoms with Gasteiger partial charge in [0.25, 0.3) is 0 Å². The number of ether oxygens (including phenoxy) is 1. The highest BCUT2D eigenvalue weighted by Gasteiger charge is 2.09. The predicted molar refractivity (Wildman–Crippen MR) is 135 cm³/mol. The van der Waals surface area contributed by atoms with E-state index < -0.39 is 0 Å². The number of hydrogen-bond donors (Lipinski definition) is 3. The zero-order chi connectivity index (χ0) is 23.1. The summed E-state index contributed by atoms with van der Waals surface area (Å²) in [5.41, 5.74) is 4.43. The zero-order valence-corrected chi connectivity index (χ0v) is 19.9. The molecule has 0 aliphatic heterocycles. The van der Waals surface area contributed by atoms with Gasteiger partial charge in [-0.2, -0.15) is 0 Å². The average Bonchev–Trinajstić information content (AvgIpc) is 2.73. The molecular weight excluding hydrogens is 444 g/mol. The summed E-state index contributed by atoms with van der Waals surface area (Å²) in [4.78, 5) is 13.5. The van der Waals surface area contributed by atoms with E-state index in [1.165, 1.54) is 0 Å². The van der Waals surface area contributed by atoms with E-state index in [1.54, 1.807) is 7.11 Å². The molecule has 9 heteroatoms. The van der Waals surface area contributed by atoms with E-state index in [1.807, 2.05) is 69.3 Å². The second kappa shape index (κ2) is 10.9. The highest BCUT2D eigenvalue weighted by Crippen LogP contribution is 2.22. The summed E-state index contributed by atoms with van der Waals surface area (Å²) in [7, 11) is 1.63. The van der Waals surface area contributed by atoms with Crippen molar-refractivity contribution in [3.05, 3.63) is 76.1 Å². The summed E-state index contributed by atoms with van der Waals surface area (Å²) in [5, 5.41) is 10.2. The smallest absolute Gasteiger partial charge is 0.229 e. The Bertz CT molecular complexity index is 1130. The maximum absolute atomic E-state index is 6.32. The molecule has 0 spiro atoms. The van der Waals surface area contributed by atoms with Crippen molar-refractivity contribution in [1.82, 2.24) is 15.3 Å². The molecule has 32 heavy (non-hydrogen) atoms. The molecule has 0 atom stereocenters. The summed E-state index contributed by atoms with van der Waals surface area (Å²) in [6.07, 6.45) is 0. The Morgan fingerprint density at radius 3 is 2.47 bits per heavy atom. The number of nitrogens with zero attached hydrogens (tertiary/aromatic N) is 3. The number of anilines is 2. The van der Waals surface area contributed by atoms with Crippen LogP contribution in [0.25, 0.3) is 0 Å². The van der Waals surface area contributed by atoms with Crippen LogP contribution in [0.15, 0.2) is 53.5 Å². The van der Waals surface area contributed by atoms with Crippen LogP contribution in [0.4, 0.5) is 11.6 Å². The Labute approximate surface area is 198 Å². The van der Waals surface area contributed by atoms with Crippen LogP contribution in [-0.4, -0.2) is 28.1 Å². The number of hydrogen-bond acceptors (Lipinski definition) is 5. The van der Waals surface area contributed by atoms with Crippen LogP contribution in [-0.2, 0) is 6.54 Å². The van der Waals surface area contributed by atoms with Gasteiger partial charge in [-0.1, -0.05) is 29.8 Å². The van der Waals surface area contributed by atoms with Crippen molar-refractivity contribution in [1.29, 1.82) is 0 Å². The van der Waals surface area contributed by atoms with Crippen molar-refractivity contribution in [2.75, 3.05) is 17.7 Å². The van der Waals surface area contributed by atoms with E-state index >= 15 is 0 Å². The Kier molecular flexibility index (Phi) is 7.97. The summed E-state index contributed by atoms with van der Waals surface area (Å²) in [5.74, 6) is 1.60. The molecule has 0 saturated heterocycles. The summed E-state index contributed by atoms with van der Waals surface area (Å²) >= 11 is 11.8. The maximum atomic E-state index is 6.32. The Morgan fingerprint density at radius 2 is 1.78 bits per heavy atom. The molecule has 0 amide bonds. The van der Waals surface area contributed by atoms with Gasteiger partial charge in [0.05, 0.1) is 24.4 Å². The molecule has 0 aliphatic carbocycles. The number of methoxy groups -OCH3 is 1. The highest BCUT2D eigenvalue weighted by molar-refractivity contribution is 7.80. The number of halogens is 1. The topological polar surface area (TPSA) is 83.5 Å². The van der Waals surface area contributed by atoms with Crippen molar-refractivity contribution in [3.63, 3.8) is 0 Å². The van der Waals surface area contributed by atoms with Crippen LogP contribution >= 0.6 is 23.8 Å². The van der Waals surface area contributed by atoms with Gasteiger partial charge in [-0.25, -0.2) is 15.0 Å². The Balaban J connectivity index is 1.80. The third kappa shape index (κ3) is 6.90. The van der Waals surface area contributed by atoms with Crippen molar-refractivity contribution in [2.45, 2.75) is 27.3 Å². The van der Waals surface area contributed by atoms with Crippen LogP contribution in [0.2, 0.25) is 5.02 Å². The van der Waals surface area contributed by atoms with E-state index in [9.17, 15) is 0 Å². The number of thiocarbonyl (C=S) groups is 1. The number of benzene rings is 2. The van der Waals surface area contributed by atoms with E-state index in [4.69, 9.17) is 28.6 Å². The predicted octanol–water partition coefficient (Wildman–Crippen LogP) is 5.02. The largest absolute Gasteiger partial charge is 0.497 e. The van der Waals surface area contributed by atoms with Gasteiger partial charge in [-0.15, -0.1) is 0 Å². The van der Waals surface area contributed by atoms with Crippen LogP contribution < -0.4 is 20.7 Å². The van der Waals surface area contributed by atoms with Crippen LogP contribution in [0.3, 0.4) is 0 Å². The fourth-order valence-electron chi connectivity index (χ4n) is 2.92. The molecule has 7 nitrogen and oxygen atoms in total. The van der Waals surface area contributed by atoms with Crippen LogP contribution in [0, 0.1) is 20.8 Å². The van der Waals surface area contributed by atoms with E-state index in [2.05, 4.69) is 30.9 Å². The van der Waals surface area contributed by atoms with Crippen molar-refractivity contribution < 1.29 is 4.74 Å². The molecule has 0 aliphatic rings. The first-order chi connectivity index (χ1) is 15.3. The summed E-state index contributed by atoms with van der Waals surface area (Å²) in [6, 6.07) is 15.3. The molecule has 1 heterocycles. The molecule has 0 radical (unpaired) electrons. The molecule has 0 saturated carbocycles. The van der Waals surface area contributed by atoms with Gasteiger partial charge in [-0.05, 0) is 74.4 Å². The number of aliphatic imine (C=N–C) groups is 1. The van der Waals surface area contributed by atoms with Crippen LogP contribution in [0.1, 0.15) is 22.5 Å². The van der Waals surface area contributed by atoms with Gasteiger partial charge in [0.1, 0.15) is 5.75 Å². The van der Waals surface area contributed by atoms with Gasteiger partial charge >= 0.3 is 0 Å². The highest BCUT2D eigenvalue weighted by atomic mass is 35.5. The fourth-order valence-corrected chi connectivity index (χ4v) is 3.41. The van der Waals surface area contributed by atoms with Gasteiger partial charge in [0.15, 0.2) is 5.11 Å². The SMILES string of the molecule is COc1cccc(CN=C(NC(=S)Nc2ccc(C)cc2Cl)Nc2nc(C)cc(C)n2)c1. The molecule has 0 bridgehead atoms. The standard InChI is InChI=1S/C23H25ClN6OS/c1-14-8-9-20(19(24)10-14)28-23(32)30-21(29-22-26-15(2)11-16(3)27-22)25-13-17-6-5-7-18(12-17)31-4/h5-12H,13H2,1-4H3,(H3,25,26,27,28,29,30,32). The minimum atomic E-state index is 0.331. The van der Waals surface area contributed by atoms with E-state index in [0.29, 0.717) is 34.3 Å². The van der Waals surface area contributed by atoms with Gasteiger partial charge in [-0.3, -0.25) is 5.32 Å². The van der Waals surface area contributed by atoms with Crippen molar-refractivity contribution in [2.24, 2.45) is 4.99 Å². The van der Waals surface area contributed by atoms with Gasteiger partial charge < -0.3 is 15.4 Å². The first kappa shape index (κ1) is 23.4. The lowest BCUT2D eigenvalue weighted by Gasteiger charge is -2.15. The number of rotatable bonds is 5. The first-order valence-corrected chi connectivity index (χ1v) is 10.7. The summed E-state index contributed by atoms with van der Waals surface area (Å²) in [6.45, 7) is 6.19. The number of aromatic nitrogens is 2. The number of guanidine groups is 1. The molecular formula is C23H25ClN6OS. The molecule has 3 rings (SSSR count). The monoisotopic (exact) mass is 468 g/mol. The zero-order valence-electron chi connectivity index (χ0n) is 18.4. The number of aryl methyl sites for hydroxylation is 3.